The van der Waals surface area contributed by atoms with Crippen molar-refractivity contribution in [2.75, 3.05) is 6.54 Å². The van der Waals surface area contributed by atoms with Crippen LogP contribution in [0.4, 0.5) is 4.39 Å². The number of aryl methyl sites for hydroxylation is 1. The van der Waals surface area contributed by atoms with E-state index in [1.807, 2.05) is 18.2 Å². The Bertz CT molecular complexity index is 802. The molecule has 1 heterocycles. The number of benzene rings is 2. The van der Waals surface area contributed by atoms with Gasteiger partial charge in [-0.25, -0.2) is 4.39 Å². The molecule has 0 aromatic heterocycles. The molecule has 130 valence electrons. The van der Waals surface area contributed by atoms with Crippen LogP contribution in [0.3, 0.4) is 0 Å². The maximum absolute atomic E-state index is 14.3. The molecule has 0 radical (unpaired) electrons. The molecule has 3 nitrogen and oxygen atoms in total. The van der Waals surface area contributed by atoms with E-state index >= 15 is 0 Å². The van der Waals surface area contributed by atoms with Gasteiger partial charge in [0.25, 0.3) is 0 Å². The van der Waals surface area contributed by atoms with E-state index in [2.05, 4.69) is 16.7 Å². The monoisotopic (exact) mass is 338 g/mol. The largest absolute Gasteiger partial charge is 0.349 e. The van der Waals surface area contributed by atoms with Gasteiger partial charge in [-0.1, -0.05) is 30.3 Å². The van der Waals surface area contributed by atoms with Crippen LogP contribution in [0.5, 0.6) is 0 Å². The summed E-state index contributed by atoms with van der Waals surface area (Å²) < 4.78 is 14.3. The lowest BCUT2D eigenvalue weighted by atomic mass is 9.87. The highest BCUT2D eigenvalue weighted by atomic mass is 19.1. The average molecular weight is 338 g/mol. The van der Waals surface area contributed by atoms with Crippen molar-refractivity contribution < 1.29 is 9.18 Å². The molecule has 1 unspecified atom stereocenters. The Hall–Kier alpha value is -2.20. The van der Waals surface area contributed by atoms with Gasteiger partial charge in [0.1, 0.15) is 5.82 Å². The van der Waals surface area contributed by atoms with Gasteiger partial charge in [0.15, 0.2) is 0 Å². The van der Waals surface area contributed by atoms with Gasteiger partial charge in [-0.15, -0.1) is 0 Å². The summed E-state index contributed by atoms with van der Waals surface area (Å²) in [6.45, 7) is 1.82. The zero-order chi connectivity index (χ0) is 17.2. The topological polar surface area (TPSA) is 41.1 Å². The molecule has 1 aliphatic carbocycles. The Morgan fingerprint density at radius 2 is 2.00 bits per heavy atom. The van der Waals surface area contributed by atoms with Crippen LogP contribution in [-0.2, 0) is 30.6 Å². The smallest absolute Gasteiger partial charge is 0.224 e. The summed E-state index contributed by atoms with van der Waals surface area (Å²) in [7, 11) is 0. The van der Waals surface area contributed by atoms with Crippen molar-refractivity contribution in [2.45, 2.75) is 44.7 Å². The van der Waals surface area contributed by atoms with Crippen molar-refractivity contribution in [3.05, 3.63) is 70.0 Å². The second kappa shape index (κ2) is 6.96. The Kier molecular flexibility index (Phi) is 4.53. The minimum absolute atomic E-state index is 0.0203. The molecule has 25 heavy (non-hydrogen) atoms. The number of hydrogen-bond donors (Lipinski definition) is 2. The molecule has 0 spiro atoms. The van der Waals surface area contributed by atoms with E-state index in [9.17, 15) is 9.18 Å². The fraction of sp³-hybridized carbons (Fsp3) is 0.381. The van der Waals surface area contributed by atoms with Crippen LogP contribution in [0.1, 0.15) is 46.7 Å². The van der Waals surface area contributed by atoms with Crippen LogP contribution >= 0.6 is 0 Å². The molecule has 2 aromatic carbocycles. The summed E-state index contributed by atoms with van der Waals surface area (Å²) in [4.78, 5) is 12.6. The highest BCUT2D eigenvalue weighted by molar-refractivity contribution is 5.79. The molecule has 2 N–H and O–H groups in total. The van der Waals surface area contributed by atoms with Crippen molar-refractivity contribution in [1.82, 2.24) is 10.6 Å². The van der Waals surface area contributed by atoms with Crippen LogP contribution in [0.15, 0.2) is 36.4 Å². The molecule has 0 bridgehead atoms. The Balaban J connectivity index is 1.51. The summed E-state index contributed by atoms with van der Waals surface area (Å²) >= 11 is 0. The van der Waals surface area contributed by atoms with E-state index in [1.165, 1.54) is 17.2 Å². The summed E-state index contributed by atoms with van der Waals surface area (Å²) in [5.74, 6) is -0.223. The quantitative estimate of drug-likeness (QED) is 0.902. The van der Waals surface area contributed by atoms with Crippen LogP contribution in [0.2, 0.25) is 0 Å². The SMILES string of the molecule is O=C(Cc1cccc2c1CCNC2)NC1CCCc2cccc(F)c21. The van der Waals surface area contributed by atoms with Crippen LogP contribution < -0.4 is 10.6 Å². The maximum Gasteiger partial charge on any atom is 0.224 e. The lowest BCUT2D eigenvalue weighted by Crippen LogP contribution is -2.33. The van der Waals surface area contributed by atoms with E-state index in [0.29, 0.717) is 12.0 Å². The molecule has 2 aliphatic rings. The van der Waals surface area contributed by atoms with Crippen molar-refractivity contribution in [1.29, 1.82) is 0 Å². The van der Waals surface area contributed by atoms with E-state index in [0.717, 1.165) is 49.9 Å². The first kappa shape index (κ1) is 16.3. The van der Waals surface area contributed by atoms with E-state index < -0.39 is 0 Å². The normalized spacial score (nSPS) is 19.0. The third kappa shape index (κ3) is 3.31. The minimum Gasteiger partial charge on any atom is -0.349 e. The van der Waals surface area contributed by atoms with Gasteiger partial charge in [-0.05, 0) is 60.5 Å². The van der Waals surface area contributed by atoms with Crippen LogP contribution in [0.25, 0.3) is 0 Å². The zero-order valence-corrected chi connectivity index (χ0v) is 14.3. The number of fused-ring (bicyclic) bond motifs is 2. The Morgan fingerprint density at radius 3 is 2.92 bits per heavy atom. The molecular formula is C21H23FN2O. The molecule has 4 heteroatoms. The molecule has 1 atom stereocenters. The molecule has 1 amide bonds. The van der Waals surface area contributed by atoms with Gasteiger partial charge >= 0.3 is 0 Å². The first-order valence-corrected chi connectivity index (χ1v) is 9.09. The van der Waals surface area contributed by atoms with Gasteiger partial charge in [0.2, 0.25) is 5.91 Å². The molecular weight excluding hydrogens is 315 g/mol. The highest BCUT2D eigenvalue weighted by Gasteiger charge is 2.25. The molecule has 2 aromatic rings. The zero-order valence-electron chi connectivity index (χ0n) is 14.3. The van der Waals surface area contributed by atoms with Crippen molar-refractivity contribution in [3.8, 4) is 0 Å². The molecule has 0 fully saturated rings. The van der Waals surface area contributed by atoms with Gasteiger partial charge in [0, 0.05) is 12.1 Å². The van der Waals surface area contributed by atoms with E-state index in [4.69, 9.17) is 0 Å². The third-order valence-electron chi connectivity index (χ3n) is 5.35. The molecule has 1 aliphatic heterocycles. The summed E-state index contributed by atoms with van der Waals surface area (Å²) in [5.41, 5.74) is 5.39. The van der Waals surface area contributed by atoms with E-state index in [-0.39, 0.29) is 17.8 Å². The predicted molar refractivity (Wildman–Crippen MR) is 95.8 cm³/mol. The summed E-state index contributed by atoms with van der Waals surface area (Å²) in [6.07, 6.45) is 3.99. The van der Waals surface area contributed by atoms with Crippen LogP contribution in [-0.4, -0.2) is 12.5 Å². The van der Waals surface area contributed by atoms with Crippen LogP contribution in [0, 0.1) is 5.82 Å². The Labute approximate surface area is 147 Å². The van der Waals surface area contributed by atoms with Gasteiger partial charge in [-0.2, -0.15) is 0 Å². The molecule has 0 saturated carbocycles. The maximum atomic E-state index is 14.3. The summed E-state index contributed by atoms with van der Waals surface area (Å²) in [5, 5.41) is 6.44. The number of amides is 1. The van der Waals surface area contributed by atoms with Gasteiger partial charge < -0.3 is 10.6 Å². The third-order valence-corrected chi connectivity index (χ3v) is 5.35. The lowest BCUT2D eigenvalue weighted by molar-refractivity contribution is -0.121. The van der Waals surface area contributed by atoms with Gasteiger partial charge in [-0.3, -0.25) is 4.79 Å². The van der Waals surface area contributed by atoms with Crippen molar-refractivity contribution in [3.63, 3.8) is 0 Å². The average Bonchev–Trinajstić information content (AvgIpc) is 2.62. The minimum atomic E-state index is -0.210. The first-order valence-electron chi connectivity index (χ1n) is 9.09. The molecule has 4 rings (SSSR count). The van der Waals surface area contributed by atoms with E-state index in [1.54, 1.807) is 6.07 Å². The lowest BCUT2D eigenvalue weighted by Gasteiger charge is -2.27. The predicted octanol–water partition coefficient (Wildman–Crippen LogP) is 3.21. The summed E-state index contributed by atoms with van der Waals surface area (Å²) in [6, 6.07) is 11.2. The number of halogens is 1. The number of nitrogens with one attached hydrogen (secondary N) is 2. The first-order chi connectivity index (χ1) is 12.2. The fourth-order valence-electron chi connectivity index (χ4n) is 4.17. The second-order valence-electron chi connectivity index (χ2n) is 6.98. The fourth-order valence-corrected chi connectivity index (χ4v) is 4.17. The van der Waals surface area contributed by atoms with Crippen molar-refractivity contribution in [2.24, 2.45) is 0 Å². The highest BCUT2D eigenvalue weighted by Crippen LogP contribution is 2.31. The molecule has 0 saturated heterocycles. The number of hydrogen-bond acceptors (Lipinski definition) is 2. The Morgan fingerprint density at radius 1 is 1.16 bits per heavy atom. The second-order valence-corrected chi connectivity index (χ2v) is 6.98. The van der Waals surface area contributed by atoms with Crippen molar-refractivity contribution >= 4 is 5.91 Å². The van der Waals surface area contributed by atoms with Gasteiger partial charge in [0.05, 0.1) is 12.5 Å². The number of rotatable bonds is 3. The standard InChI is InChI=1S/C21H23FN2O/c22-18-8-2-4-14-5-3-9-19(21(14)18)24-20(25)12-15-6-1-7-16-13-23-11-10-17(15)16/h1-2,4,6-8,19,23H,3,5,9-13H2,(H,24,25). The number of carbonyl (C=O) groups is 1. The number of carbonyl (C=O) groups excluding carboxylic acids is 1.